The van der Waals surface area contributed by atoms with E-state index in [1.165, 1.54) is 17.1 Å². The molecule has 0 bridgehead atoms. The van der Waals surface area contributed by atoms with Gasteiger partial charge in [0.2, 0.25) is 0 Å². The summed E-state index contributed by atoms with van der Waals surface area (Å²) in [5.41, 5.74) is 1.76. The fraction of sp³-hybridized carbons (Fsp3) is 0.148. The quantitative estimate of drug-likeness (QED) is 0.323. The van der Waals surface area contributed by atoms with Crippen LogP contribution in [0, 0.1) is 6.92 Å². The molecule has 36 heavy (non-hydrogen) atoms. The first kappa shape index (κ1) is 23.0. The number of ether oxygens (including phenoxy) is 2. The van der Waals surface area contributed by atoms with Crippen LogP contribution in [0.3, 0.4) is 0 Å². The summed E-state index contributed by atoms with van der Waals surface area (Å²) < 4.78 is 14.4. The van der Waals surface area contributed by atoms with Crippen molar-refractivity contribution in [3.8, 4) is 22.9 Å². The van der Waals surface area contributed by atoms with E-state index in [-0.39, 0.29) is 23.3 Å². The van der Waals surface area contributed by atoms with Gasteiger partial charge in [0, 0.05) is 30.4 Å². The molecule has 0 aliphatic carbocycles. The van der Waals surface area contributed by atoms with E-state index in [0.717, 1.165) is 10.9 Å². The lowest BCUT2D eigenvalue weighted by Crippen LogP contribution is -2.23. The highest BCUT2D eigenvalue weighted by Crippen LogP contribution is 2.30. The number of carbonyl (C=O) groups is 1. The summed E-state index contributed by atoms with van der Waals surface area (Å²) in [5.74, 6) is 1.66. The molecule has 0 saturated carbocycles. The Hall–Kier alpha value is -4.79. The molecular weight excluding hydrogens is 458 g/mol. The van der Waals surface area contributed by atoms with Crippen molar-refractivity contribution in [2.75, 3.05) is 7.11 Å². The SMILES string of the molecule is COc1ccc2c(Oc3cnc(CC(=O)c4c(C)n(C)n(-c5ccccc5)c4=O)nc3)ccnc2c1. The number of para-hydroxylation sites is 1. The average molecular weight is 482 g/mol. The summed E-state index contributed by atoms with van der Waals surface area (Å²) in [6.07, 6.45) is 4.56. The average Bonchev–Trinajstić information content (AvgIpc) is 3.13. The van der Waals surface area contributed by atoms with Crippen molar-refractivity contribution in [2.24, 2.45) is 7.05 Å². The van der Waals surface area contributed by atoms with Crippen LogP contribution in [0.4, 0.5) is 0 Å². The summed E-state index contributed by atoms with van der Waals surface area (Å²) in [5, 5.41) is 0.812. The molecule has 5 rings (SSSR count). The van der Waals surface area contributed by atoms with E-state index in [1.54, 1.807) is 38.0 Å². The molecule has 0 radical (unpaired) electrons. The molecule has 3 aromatic heterocycles. The van der Waals surface area contributed by atoms with E-state index >= 15 is 0 Å². The van der Waals surface area contributed by atoms with E-state index in [0.29, 0.717) is 34.5 Å². The van der Waals surface area contributed by atoms with E-state index < -0.39 is 0 Å². The summed E-state index contributed by atoms with van der Waals surface area (Å²) in [6, 6.07) is 16.5. The van der Waals surface area contributed by atoms with Gasteiger partial charge in [-0.25, -0.2) is 14.6 Å². The third kappa shape index (κ3) is 4.22. The predicted octanol–water partition coefficient (Wildman–Crippen LogP) is 4.05. The minimum Gasteiger partial charge on any atom is -0.497 e. The van der Waals surface area contributed by atoms with Crippen molar-refractivity contribution in [1.82, 2.24) is 24.3 Å². The van der Waals surface area contributed by atoms with Crippen LogP contribution in [0.25, 0.3) is 16.6 Å². The zero-order valence-corrected chi connectivity index (χ0v) is 20.0. The monoisotopic (exact) mass is 481 g/mol. The van der Waals surface area contributed by atoms with Crippen LogP contribution in [0.1, 0.15) is 21.9 Å². The van der Waals surface area contributed by atoms with Crippen LogP contribution in [0.5, 0.6) is 17.2 Å². The number of pyridine rings is 1. The first-order valence-corrected chi connectivity index (χ1v) is 11.2. The first-order valence-electron chi connectivity index (χ1n) is 11.2. The molecular formula is C27H23N5O4. The molecule has 0 unspecified atom stereocenters. The Morgan fingerprint density at radius 1 is 0.972 bits per heavy atom. The number of ketones is 1. The van der Waals surface area contributed by atoms with Crippen molar-refractivity contribution in [1.29, 1.82) is 0 Å². The summed E-state index contributed by atoms with van der Waals surface area (Å²) in [4.78, 5) is 39.1. The Morgan fingerprint density at radius 2 is 1.72 bits per heavy atom. The predicted molar refractivity (Wildman–Crippen MR) is 134 cm³/mol. The Kier molecular flexibility index (Phi) is 6.03. The van der Waals surface area contributed by atoms with E-state index in [4.69, 9.17) is 9.47 Å². The minimum absolute atomic E-state index is 0.104. The van der Waals surface area contributed by atoms with E-state index in [2.05, 4.69) is 15.0 Å². The lowest BCUT2D eigenvalue weighted by molar-refractivity contribution is 0.0989. The number of benzene rings is 2. The summed E-state index contributed by atoms with van der Waals surface area (Å²) in [6.45, 7) is 1.75. The highest BCUT2D eigenvalue weighted by Gasteiger charge is 2.23. The largest absolute Gasteiger partial charge is 0.497 e. The zero-order valence-electron chi connectivity index (χ0n) is 20.0. The molecule has 0 atom stereocenters. The Balaban J connectivity index is 1.36. The summed E-state index contributed by atoms with van der Waals surface area (Å²) >= 11 is 0. The maximum atomic E-state index is 13.1. The molecule has 0 N–H and O–H groups in total. The molecule has 9 heteroatoms. The van der Waals surface area contributed by atoms with Gasteiger partial charge in [0.1, 0.15) is 22.9 Å². The molecule has 0 fully saturated rings. The molecule has 3 heterocycles. The number of aromatic nitrogens is 5. The number of hydrogen-bond donors (Lipinski definition) is 0. The second kappa shape index (κ2) is 9.46. The minimum atomic E-state index is -0.368. The third-order valence-corrected chi connectivity index (χ3v) is 5.97. The van der Waals surface area contributed by atoms with Crippen LogP contribution >= 0.6 is 0 Å². The number of nitrogens with zero attached hydrogens (tertiary/aromatic N) is 5. The molecule has 180 valence electrons. The Bertz CT molecular complexity index is 1620. The van der Waals surface area contributed by atoms with Crippen molar-refractivity contribution in [3.05, 3.63) is 101 Å². The lowest BCUT2D eigenvalue weighted by Gasteiger charge is -2.09. The van der Waals surface area contributed by atoms with Crippen LogP contribution in [0.2, 0.25) is 0 Å². The number of carbonyl (C=O) groups excluding carboxylic acids is 1. The first-order chi connectivity index (χ1) is 17.5. The number of methoxy groups -OCH3 is 1. The number of hydrogen-bond acceptors (Lipinski definition) is 7. The van der Waals surface area contributed by atoms with Gasteiger partial charge in [-0.15, -0.1) is 0 Å². The molecule has 0 spiro atoms. The Labute approximate surface area is 206 Å². The summed E-state index contributed by atoms with van der Waals surface area (Å²) in [7, 11) is 3.35. The molecule has 0 amide bonds. The van der Waals surface area contributed by atoms with E-state index in [9.17, 15) is 9.59 Å². The van der Waals surface area contributed by atoms with E-state index in [1.807, 2.05) is 48.5 Å². The van der Waals surface area contributed by atoms with Crippen LogP contribution in [-0.4, -0.2) is 37.2 Å². The maximum Gasteiger partial charge on any atom is 0.282 e. The van der Waals surface area contributed by atoms with Gasteiger partial charge in [0.15, 0.2) is 11.5 Å². The number of fused-ring (bicyclic) bond motifs is 1. The van der Waals surface area contributed by atoms with Gasteiger partial charge in [-0.1, -0.05) is 18.2 Å². The van der Waals surface area contributed by atoms with Crippen LogP contribution < -0.4 is 15.0 Å². The molecule has 0 aliphatic heterocycles. The third-order valence-electron chi connectivity index (χ3n) is 5.97. The smallest absolute Gasteiger partial charge is 0.282 e. The number of Topliss-reactive ketones (excluding diaryl/α,β-unsaturated/α-hetero) is 1. The molecule has 2 aromatic carbocycles. The van der Waals surface area contributed by atoms with Crippen molar-refractivity contribution in [2.45, 2.75) is 13.3 Å². The van der Waals surface area contributed by atoms with Gasteiger partial charge < -0.3 is 9.47 Å². The zero-order chi connectivity index (χ0) is 25.2. The van der Waals surface area contributed by atoms with Gasteiger partial charge in [0.25, 0.3) is 5.56 Å². The molecule has 0 saturated heterocycles. The van der Waals surface area contributed by atoms with Crippen LogP contribution in [-0.2, 0) is 13.5 Å². The highest BCUT2D eigenvalue weighted by molar-refractivity contribution is 5.98. The lowest BCUT2D eigenvalue weighted by atomic mass is 10.1. The fourth-order valence-electron chi connectivity index (χ4n) is 4.05. The normalized spacial score (nSPS) is 11.0. The fourth-order valence-corrected chi connectivity index (χ4v) is 4.05. The van der Waals surface area contributed by atoms with Gasteiger partial charge in [-0.3, -0.25) is 19.3 Å². The van der Waals surface area contributed by atoms with Crippen molar-refractivity contribution in [3.63, 3.8) is 0 Å². The van der Waals surface area contributed by atoms with Crippen LogP contribution in [0.15, 0.2) is 78.0 Å². The van der Waals surface area contributed by atoms with Gasteiger partial charge in [0.05, 0.1) is 37.1 Å². The van der Waals surface area contributed by atoms with Gasteiger partial charge >= 0.3 is 0 Å². The molecule has 5 aromatic rings. The highest BCUT2D eigenvalue weighted by atomic mass is 16.5. The standard InChI is InChI=1S/C27H23N5O4/c1-17-26(27(34)32(31(17)2)18-7-5-4-6-8-18)23(33)14-25-29-15-20(16-30-25)36-24-11-12-28-22-13-19(35-3)9-10-21(22)24/h4-13,15-16H,14H2,1-3H3. The number of rotatable bonds is 7. The van der Waals surface area contributed by atoms with Gasteiger partial charge in [-0.2, -0.15) is 0 Å². The second-order valence-corrected chi connectivity index (χ2v) is 8.17. The molecule has 0 aliphatic rings. The topological polar surface area (TPSA) is 101 Å². The van der Waals surface area contributed by atoms with Crippen molar-refractivity contribution < 1.29 is 14.3 Å². The van der Waals surface area contributed by atoms with Crippen molar-refractivity contribution >= 4 is 16.7 Å². The Morgan fingerprint density at radius 3 is 2.44 bits per heavy atom. The second-order valence-electron chi connectivity index (χ2n) is 8.17. The molecule has 9 nitrogen and oxygen atoms in total. The maximum absolute atomic E-state index is 13.1. The van der Waals surface area contributed by atoms with Gasteiger partial charge in [-0.05, 0) is 37.3 Å².